The Bertz CT molecular complexity index is 607. The SMILES string of the molecule is CNS(=O)(=O)CCNc1nccn2cnnc12. The van der Waals surface area contributed by atoms with Gasteiger partial charge in [-0.05, 0) is 7.05 Å². The van der Waals surface area contributed by atoms with Gasteiger partial charge in [-0.15, -0.1) is 10.2 Å². The molecule has 0 fully saturated rings. The first-order valence-electron chi connectivity index (χ1n) is 4.92. The Labute approximate surface area is 98.1 Å². The fraction of sp³-hybridized carbons (Fsp3) is 0.375. The monoisotopic (exact) mass is 256 g/mol. The van der Waals surface area contributed by atoms with Crippen molar-refractivity contribution in [3.05, 3.63) is 18.7 Å². The van der Waals surface area contributed by atoms with Crippen LogP contribution < -0.4 is 10.0 Å². The molecule has 2 rings (SSSR count). The highest BCUT2D eigenvalue weighted by Gasteiger charge is 2.08. The maximum absolute atomic E-state index is 11.2. The maximum Gasteiger partial charge on any atom is 0.213 e. The second-order valence-corrected chi connectivity index (χ2v) is 5.33. The molecule has 9 heteroatoms. The van der Waals surface area contributed by atoms with Crippen molar-refractivity contribution < 1.29 is 8.42 Å². The van der Waals surface area contributed by atoms with Crippen LogP contribution in [0.4, 0.5) is 5.82 Å². The van der Waals surface area contributed by atoms with Gasteiger partial charge in [0.25, 0.3) is 0 Å². The lowest BCUT2D eigenvalue weighted by Crippen LogP contribution is -2.26. The lowest BCUT2D eigenvalue weighted by Gasteiger charge is -2.06. The van der Waals surface area contributed by atoms with Gasteiger partial charge in [0.2, 0.25) is 15.7 Å². The molecule has 0 aliphatic carbocycles. The molecule has 0 saturated heterocycles. The molecule has 0 atom stereocenters. The van der Waals surface area contributed by atoms with Gasteiger partial charge in [-0.1, -0.05) is 0 Å². The maximum atomic E-state index is 11.2. The summed E-state index contributed by atoms with van der Waals surface area (Å²) in [6.45, 7) is 0.253. The van der Waals surface area contributed by atoms with Crippen LogP contribution in [0, 0.1) is 0 Å². The van der Waals surface area contributed by atoms with E-state index >= 15 is 0 Å². The lowest BCUT2D eigenvalue weighted by atomic mass is 10.6. The Morgan fingerprint density at radius 2 is 2.29 bits per heavy atom. The molecule has 8 nitrogen and oxygen atoms in total. The molecule has 2 heterocycles. The summed E-state index contributed by atoms with van der Waals surface area (Å²) in [5.41, 5.74) is 0.564. The third-order valence-corrected chi connectivity index (χ3v) is 3.55. The van der Waals surface area contributed by atoms with Gasteiger partial charge in [0.15, 0.2) is 5.82 Å². The van der Waals surface area contributed by atoms with E-state index in [1.807, 2.05) is 0 Å². The summed E-state index contributed by atoms with van der Waals surface area (Å²) < 4.78 is 26.3. The smallest absolute Gasteiger partial charge is 0.213 e. The minimum Gasteiger partial charge on any atom is -0.366 e. The highest BCUT2D eigenvalue weighted by Crippen LogP contribution is 2.08. The van der Waals surface area contributed by atoms with Crippen LogP contribution in [0.3, 0.4) is 0 Å². The molecule has 0 saturated carbocycles. The van der Waals surface area contributed by atoms with Gasteiger partial charge in [0.1, 0.15) is 6.33 Å². The van der Waals surface area contributed by atoms with Crippen LogP contribution in [0.5, 0.6) is 0 Å². The van der Waals surface area contributed by atoms with Crippen LogP contribution in [0.25, 0.3) is 5.65 Å². The van der Waals surface area contributed by atoms with E-state index in [4.69, 9.17) is 0 Å². The van der Waals surface area contributed by atoms with E-state index in [1.54, 1.807) is 23.1 Å². The van der Waals surface area contributed by atoms with Gasteiger partial charge in [-0.25, -0.2) is 18.1 Å². The first kappa shape index (κ1) is 11.7. The van der Waals surface area contributed by atoms with Crippen LogP contribution in [-0.2, 0) is 10.0 Å². The molecule has 0 aromatic carbocycles. The van der Waals surface area contributed by atoms with Crippen LogP contribution in [0.2, 0.25) is 0 Å². The van der Waals surface area contributed by atoms with E-state index in [0.29, 0.717) is 11.5 Å². The van der Waals surface area contributed by atoms with Gasteiger partial charge in [-0.2, -0.15) is 0 Å². The Balaban J connectivity index is 2.07. The van der Waals surface area contributed by atoms with Crippen LogP contribution in [0.1, 0.15) is 0 Å². The summed E-state index contributed by atoms with van der Waals surface area (Å²) >= 11 is 0. The Kier molecular flexibility index (Phi) is 3.20. The normalized spacial score (nSPS) is 11.8. The molecule has 0 aliphatic heterocycles. The fourth-order valence-electron chi connectivity index (χ4n) is 1.29. The molecule has 2 aromatic heterocycles. The molecule has 0 radical (unpaired) electrons. The average Bonchev–Trinajstić information content (AvgIpc) is 2.78. The first-order valence-corrected chi connectivity index (χ1v) is 6.57. The van der Waals surface area contributed by atoms with Gasteiger partial charge in [0, 0.05) is 18.9 Å². The summed E-state index contributed by atoms with van der Waals surface area (Å²) in [6, 6.07) is 0. The Hall–Kier alpha value is -1.74. The molecule has 92 valence electrons. The number of nitrogens with zero attached hydrogens (tertiary/aromatic N) is 4. The second-order valence-electron chi connectivity index (χ2n) is 3.29. The van der Waals surface area contributed by atoms with Gasteiger partial charge in [-0.3, -0.25) is 4.40 Å². The van der Waals surface area contributed by atoms with Crippen molar-refractivity contribution in [3.8, 4) is 0 Å². The zero-order chi connectivity index (χ0) is 12.3. The third-order valence-electron chi connectivity index (χ3n) is 2.19. The van der Waals surface area contributed by atoms with E-state index in [0.717, 1.165) is 0 Å². The molecule has 17 heavy (non-hydrogen) atoms. The Morgan fingerprint density at radius 3 is 3.06 bits per heavy atom. The molecule has 2 N–H and O–H groups in total. The number of sulfonamides is 1. The summed E-state index contributed by atoms with van der Waals surface area (Å²) in [6.07, 6.45) is 4.85. The molecule has 2 aromatic rings. The van der Waals surface area contributed by atoms with Crippen LogP contribution in [0.15, 0.2) is 18.7 Å². The van der Waals surface area contributed by atoms with E-state index in [9.17, 15) is 8.42 Å². The van der Waals surface area contributed by atoms with Crippen molar-refractivity contribution in [1.29, 1.82) is 0 Å². The quantitative estimate of drug-likeness (QED) is 0.718. The van der Waals surface area contributed by atoms with E-state index in [1.165, 1.54) is 7.05 Å². The first-order chi connectivity index (χ1) is 8.12. The number of hydrogen-bond acceptors (Lipinski definition) is 6. The summed E-state index contributed by atoms with van der Waals surface area (Å²) in [7, 11) is -1.83. The predicted octanol–water partition coefficient (Wildman–Crippen LogP) is -0.915. The summed E-state index contributed by atoms with van der Waals surface area (Å²) in [5.74, 6) is 0.483. The van der Waals surface area contributed by atoms with E-state index < -0.39 is 10.0 Å². The van der Waals surface area contributed by atoms with Gasteiger partial charge in [0.05, 0.1) is 5.75 Å². The van der Waals surface area contributed by atoms with Crippen molar-refractivity contribution in [2.75, 3.05) is 24.7 Å². The van der Waals surface area contributed by atoms with Crippen molar-refractivity contribution in [3.63, 3.8) is 0 Å². The number of anilines is 1. The van der Waals surface area contributed by atoms with Crippen molar-refractivity contribution in [2.45, 2.75) is 0 Å². The number of rotatable bonds is 5. The van der Waals surface area contributed by atoms with Crippen molar-refractivity contribution >= 4 is 21.5 Å². The summed E-state index contributed by atoms with van der Waals surface area (Å²) in [4.78, 5) is 4.07. The predicted molar refractivity (Wildman–Crippen MR) is 62.1 cm³/mol. The van der Waals surface area contributed by atoms with Crippen LogP contribution in [-0.4, -0.2) is 47.3 Å². The number of hydrogen-bond donors (Lipinski definition) is 2. The molecule has 0 aliphatic rings. The molecule has 0 amide bonds. The zero-order valence-electron chi connectivity index (χ0n) is 9.16. The minimum atomic E-state index is -3.21. The largest absolute Gasteiger partial charge is 0.366 e. The number of aromatic nitrogens is 4. The molecule has 0 spiro atoms. The molecular weight excluding hydrogens is 244 g/mol. The highest BCUT2D eigenvalue weighted by molar-refractivity contribution is 7.89. The van der Waals surface area contributed by atoms with E-state index in [2.05, 4.69) is 25.2 Å². The molecular formula is C8H12N6O2S. The molecule has 0 unspecified atom stereocenters. The number of fused-ring (bicyclic) bond motifs is 1. The van der Waals surface area contributed by atoms with Crippen molar-refractivity contribution in [2.24, 2.45) is 0 Å². The standard InChI is InChI=1S/C8H12N6O2S/c1-9-17(15,16)5-3-11-7-8-13-12-6-14(8)4-2-10-7/h2,4,6,9H,3,5H2,1H3,(H,10,11). The average molecular weight is 256 g/mol. The summed E-state index contributed by atoms with van der Waals surface area (Å²) in [5, 5.41) is 10.5. The third kappa shape index (κ3) is 2.68. The van der Waals surface area contributed by atoms with Gasteiger partial charge >= 0.3 is 0 Å². The molecule has 0 bridgehead atoms. The zero-order valence-corrected chi connectivity index (χ0v) is 9.98. The second kappa shape index (κ2) is 4.63. The number of nitrogens with one attached hydrogen (secondary N) is 2. The van der Waals surface area contributed by atoms with Crippen molar-refractivity contribution in [1.82, 2.24) is 24.3 Å². The fourth-order valence-corrected chi connectivity index (χ4v) is 1.86. The topological polar surface area (TPSA) is 101 Å². The minimum absolute atomic E-state index is 0.0274. The van der Waals surface area contributed by atoms with Gasteiger partial charge < -0.3 is 5.32 Å². The van der Waals surface area contributed by atoms with E-state index in [-0.39, 0.29) is 12.3 Å². The van der Waals surface area contributed by atoms with Crippen LogP contribution >= 0.6 is 0 Å². The Morgan fingerprint density at radius 1 is 1.47 bits per heavy atom. The lowest BCUT2D eigenvalue weighted by molar-refractivity contribution is 0.588. The highest BCUT2D eigenvalue weighted by atomic mass is 32.2.